The zero-order chi connectivity index (χ0) is 13.0. The first kappa shape index (κ1) is 13.7. The van der Waals surface area contributed by atoms with E-state index >= 15 is 0 Å². The van der Waals surface area contributed by atoms with Crippen molar-refractivity contribution >= 4 is 11.6 Å². The third-order valence-corrected chi connectivity index (χ3v) is 3.90. The average Bonchev–Trinajstić information content (AvgIpc) is 2.41. The molecule has 0 unspecified atom stereocenters. The van der Waals surface area contributed by atoms with Gasteiger partial charge in [0.25, 0.3) is 0 Å². The van der Waals surface area contributed by atoms with Crippen molar-refractivity contribution in [1.82, 2.24) is 5.32 Å². The molecule has 0 spiro atoms. The van der Waals surface area contributed by atoms with Crippen molar-refractivity contribution in [2.75, 3.05) is 13.1 Å². The van der Waals surface area contributed by atoms with Gasteiger partial charge in [0.1, 0.15) is 11.9 Å². The molecule has 1 fully saturated rings. The molecule has 2 atom stereocenters. The van der Waals surface area contributed by atoms with E-state index in [2.05, 4.69) is 19.2 Å². The molecule has 0 amide bonds. The fourth-order valence-corrected chi connectivity index (χ4v) is 2.51. The first-order valence-corrected chi connectivity index (χ1v) is 7.25. The van der Waals surface area contributed by atoms with Crippen LogP contribution in [0.15, 0.2) is 18.2 Å². The number of benzene rings is 1. The van der Waals surface area contributed by atoms with Gasteiger partial charge in [-0.05, 0) is 55.5 Å². The molecule has 1 aliphatic heterocycles. The Bertz CT molecular complexity index is 388. The van der Waals surface area contributed by atoms with Crippen molar-refractivity contribution in [1.29, 1.82) is 0 Å². The van der Waals surface area contributed by atoms with Crippen LogP contribution in [-0.4, -0.2) is 19.2 Å². The van der Waals surface area contributed by atoms with Crippen LogP contribution in [0.25, 0.3) is 0 Å². The molecule has 0 aliphatic carbocycles. The van der Waals surface area contributed by atoms with Gasteiger partial charge in [0, 0.05) is 11.6 Å². The third kappa shape index (κ3) is 3.39. The zero-order valence-corrected chi connectivity index (χ0v) is 12.0. The molecule has 1 N–H and O–H groups in total. The van der Waals surface area contributed by atoms with Crippen molar-refractivity contribution in [2.24, 2.45) is 0 Å². The minimum Gasteiger partial charge on any atom is -0.489 e. The van der Waals surface area contributed by atoms with Gasteiger partial charge in [-0.1, -0.05) is 25.4 Å². The molecule has 1 aliphatic rings. The van der Waals surface area contributed by atoms with Crippen LogP contribution in [0, 0.1) is 0 Å². The normalized spacial score (nSPS) is 21.6. The summed E-state index contributed by atoms with van der Waals surface area (Å²) in [5.41, 5.74) is 1.23. The molecule has 1 heterocycles. The maximum Gasteiger partial charge on any atom is 0.123 e. The molecule has 2 nitrogen and oxygen atoms in total. The van der Waals surface area contributed by atoms with Crippen molar-refractivity contribution < 1.29 is 4.74 Å². The summed E-state index contributed by atoms with van der Waals surface area (Å²) >= 11 is 6.09. The third-order valence-electron chi connectivity index (χ3n) is 3.66. The summed E-state index contributed by atoms with van der Waals surface area (Å²) in [6, 6.07) is 5.97. The summed E-state index contributed by atoms with van der Waals surface area (Å²) in [5.74, 6) is 1.48. The van der Waals surface area contributed by atoms with Crippen molar-refractivity contribution in [3.8, 4) is 5.75 Å². The lowest BCUT2D eigenvalue weighted by molar-refractivity contribution is 0.165. The van der Waals surface area contributed by atoms with Crippen molar-refractivity contribution in [3.05, 3.63) is 28.8 Å². The summed E-state index contributed by atoms with van der Waals surface area (Å²) in [7, 11) is 0. The molecule has 0 aromatic heterocycles. The number of piperidine rings is 1. The van der Waals surface area contributed by atoms with Gasteiger partial charge in [0.15, 0.2) is 0 Å². The molecule has 2 rings (SSSR count). The standard InChI is InChI=1S/C15H22ClNO/c1-3-11(2)14-9-12(16)6-7-15(14)18-13-5-4-8-17-10-13/h6-7,9,11,13,17H,3-5,8,10H2,1-2H3/t11-,13+/m1/s1. The van der Waals surface area contributed by atoms with Gasteiger partial charge in [-0.25, -0.2) is 0 Å². The van der Waals surface area contributed by atoms with E-state index in [4.69, 9.17) is 16.3 Å². The highest BCUT2D eigenvalue weighted by Gasteiger charge is 2.18. The number of hydrogen-bond acceptors (Lipinski definition) is 2. The second-order valence-corrected chi connectivity index (χ2v) is 5.51. The summed E-state index contributed by atoms with van der Waals surface area (Å²) < 4.78 is 6.14. The van der Waals surface area contributed by atoms with Crippen molar-refractivity contribution in [3.63, 3.8) is 0 Å². The Labute approximate surface area is 115 Å². The van der Waals surface area contributed by atoms with Gasteiger partial charge in [-0.15, -0.1) is 0 Å². The van der Waals surface area contributed by atoms with E-state index < -0.39 is 0 Å². The Balaban J connectivity index is 2.15. The van der Waals surface area contributed by atoms with Gasteiger partial charge < -0.3 is 10.1 Å². The average molecular weight is 268 g/mol. The van der Waals surface area contributed by atoms with E-state index in [0.29, 0.717) is 12.0 Å². The Morgan fingerprint density at radius 2 is 2.33 bits per heavy atom. The van der Waals surface area contributed by atoms with Gasteiger partial charge in [-0.2, -0.15) is 0 Å². The molecule has 0 radical (unpaired) electrons. The minimum absolute atomic E-state index is 0.294. The molecule has 1 saturated heterocycles. The Morgan fingerprint density at radius 1 is 1.50 bits per heavy atom. The van der Waals surface area contributed by atoms with Crippen LogP contribution in [-0.2, 0) is 0 Å². The molecule has 100 valence electrons. The fraction of sp³-hybridized carbons (Fsp3) is 0.600. The summed E-state index contributed by atoms with van der Waals surface area (Å²) in [5, 5.41) is 4.17. The minimum atomic E-state index is 0.294. The molecule has 0 bridgehead atoms. The van der Waals surface area contributed by atoms with Crippen LogP contribution in [0.4, 0.5) is 0 Å². The SMILES string of the molecule is CC[C@@H](C)c1cc(Cl)ccc1O[C@H]1CCCNC1. The Morgan fingerprint density at radius 3 is 3.00 bits per heavy atom. The van der Waals surface area contributed by atoms with Crippen LogP contribution in [0.3, 0.4) is 0 Å². The zero-order valence-electron chi connectivity index (χ0n) is 11.2. The van der Waals surface area contributed by atoms with E-state index in [1.165, 1.54) is 12.0 Å². The predicted octanol–water partition coefficient (Wildman–Crippen LogP) is 3.98. The number of rotatable bonds is 4. The molecule has 1 aromatic rings. The van der Waals surface area contributed by atoms with E-state index in [9.17, 15) is 0 Å². The maximum atomic E-state index is 6.14. The van der Waals surface area contributed by atoms with Crippen LogP contribution >= 0.6 is 11.6 Å². The summed E-state index contributed by atoms with van der Waals surface area (Å²) in [6.45, 7) is 6.47. The molecule has 1 aromatic carbocycles. The number of ether oxygens (including phenoxy) is 1. The topological polar surface area (TPSA) is 21.3 Å². The summed E-state index contributed by atoms with van der Waals surface area (Å²) in [6.07, 6.45) is 3.72. The van der Waals surface area contributed by atoms with Crippen molar-refractivity contribution in [2.45, 2.75) is 45.1 Å². The smallest absolute Gasteiger partial charge is 0.123 e. The lowest BCUT2D eigenvalue weighted by Gasteiger charge is -2.26. The van der Waals surface area contributed by atoms with E-state index in [-0.39, 0.29) is 0 Å². The second-order valence-electron chi connectivity index (χ2n) is 5.08. The van der Waals surface area contributed by atoms with E-state index in [0.717, 1.165) is 36.7 Å². The van der Waals surface area contributed by atoms with Gasteiger partial charge >= 0.3 is 0 Å². The number of nitrogens with one attached hydrogen (secondary N) is 1. The highest BCUT2D eigenvalue weighted by atomic mass is 35.5. The maximum absolute atomic E-state index is 6.14. The largest absolute Gasteiger partial charge is 0.489 e. The quantitative estimate of drug-likeness (QED) is 0.891. The van der Waals surface area contributed by atoms with Gasteiger partial charge in [0.2, 0.25) is 0 Å². The van der Waals surface area contributed by atoms with Gasteiger partial charge in [0.05, 0.1) is 0 Å². The van der Waals surface area contributed by atoms with E-state index in [1.807, 2.05) is 18.2 Å². The van der Waals surface area contributed by atoms with Crippen LogP contribution in [0.2, 0.25) is 5.02 Å². The highest BCUT2D eigenvalue weighted by Crippen LogP contribution is 2.32. The van der Waals surface area contributed by atoms with E-state index in [1.54, 1.807) is 0 Å². The molecule has 3 heteroatoms. The lowest BCUT2D eigenvalue weighted by atomic mass is 9.97. The second kappa shape index (κ2) is 6.44. The highest BCUT2D eigenvalue weighted by molar-refractivity contribution is 6.30. The lowest BCUT2D eigenvalue weighted by Crippen LogP contribution is -2.37. The predicted molar refractivity (Wildman–Crippen MR) is 76.7 cm³/mol. The molecule has 0 saturated carbocycles. The Hall–Kier alpha value is -0.730. The molecular formula is C15H22ClNO. The van der Waals surface area contributed by atoms with Crippen LogP contribution < -0.4 is 10.1 Å². The van der Waals surface area contributed by atoms with Crippen LogP contribution in [0.5, 0.6) is 5.75 Å². The summed E-state index contributed by atoms with van der Waals surface area (Å²) in [4.78, 5) is 0. The number of halogens is 1. The molecule has 18 heavy (non-hydrogen) atoms. The number of hydrogen-bond donors (Lipinski definition) is 1. The fourth-order valence-electron chi connectivity index (χ4n) is 2.33. The first-order valence-electron chi connectivity index (χ1n) is 6.87. The molecular weight excluding hydrogens is 246 g/mol. The first-order chi connectivity index (χ1) is 8.70. The van der Waals surface area contributed by atoms with Crippen LogP contribution in [0.1, 0.15) is 44.6 Å². The Kier molecular flexibility index (Phi) is 4.90. The monoisotopic (exact) mass is 267 g/mol. The van der Waals surface area contributed by atoms with Gasteiger partial charge in [-0.3, -0.25) is 0 Å².